The van der Waals surface area contributed by atoms with Crippen LogP contribution in [-0.2, 0) is 19.0 Å². The van der Waals surface area contributed by atoms with E-state index in [1.807, 2.05) is 0 Å². The van der Waals surface area contributed by atoms with Crippen LogP contribution in [-0.4, -0.2) is 64.7 Å². The van der Waals surface area contributed by atoms with Crippen molar-refractivity contribution < 1.29 is 34.3 Å². The largest absolute Gasteiger partial charge is 0.463 e. The first kappa shape index (κ1) is 46.8. The molecule has 0 spiro atoms. The molecule has 7 heteroatoms. The second-order valence-corrected chi connectivity index (χ2v) is 20.5. The number of aliphatic hydroxyl groups is 3. The molecule has 13 atom stereocenters. The Balaban J connectivity index is 1.03. The number of unbranched alkanes of at least 4 members (excludes halogenated alkanes) is 10. The Morgan fingerprint density at radius 3 is 2.25 bits per heavy atom. The van der Waals surface area contributed by atoms with Crippen LogP contribution in [0.4, 0.5) is 0 Å². The van der Waals surface area contributed by atoms with Gasteiger partial charge in [-0.1, -0.05) is 130 Å². The highest BCUT2D eigenvalue weighted by molar-refractivity contribution is 5.69. The molecule has 1 aliphatic heterocycles. The molecule has 4 fully saturated rings. The number of hydrogen-bond donors (Lipinski definition) is 3. The van der Waals surface area contributed by atoms with E-state index in [1.165, 1.54) is 95.5 Å². The molecule has 0 amide bonds. The number of rotatable bonds is 23. The van der Waals surface area contributed by atoms with Gasteiger partial charge in [0.1, 0.15) is 31.0 Å². The molecule has 5 rings (SSSR count). The Morgan fingerprint density at radius 1 is 0.825 bits per heavy atom. The Hall–Kier alpha value is -1.25. The number of esters is 1. The molecule has 3 N–H and O–H groups in total. The third-order valence-corrected chi connectivity index (χ3v) is 16.1. The van der Waals surface area contributed by atoms with Gasteiger partial charge in [0.15, 0.2) is 6.29 Å². The van der Waals surface area contributed by atoms with Crippen molar-refractivity contribution in [1.29, 1.82) is 0 Å². The van der Waals surface area contributed by atoms with E-state index < -0.39 is 30.7 Å². The second kappa shape index (κ2) is 22.6. The average molecular weight is 799 g/mol. The predicted molar refractivity (Wildman–Crippen MR) is 230 cm³/mol. The lowest BCUT2D eigenvalue weighted by atomic mass is 9.47. The van der Waals surface area contributed by atoms with Crippen LogP contribution < -0.4 is 0 Å². The zero-order chi connectivity index (χ0) is 41.0. The first-order valence-electron chi connectivity index (χ1n) is 24.2. The van der Waals surface area contributed by atoms with E-state index in [1.54, 1.807) is 0 Å². The molecule has 3 saturated carbocycles. The number of fused-ring (bicyclic) bond motifs is 5. The van der Waals surface area contributed by atoms with E-state index in [0.29, 0.717) is 17.8 Å². The lowest BCUT2D eigenvalue weighted by Gasteiger charge is -2.58. The summed E-state index contributed by atoms with van der Waals surface area (Å²) in [6.07, 6.45) is 28.7. The average Bonchev–Trinajstić information content (AvgIpc) is 3.55. The lowest BCUT2D eigenvalue weighted by Crippen LogP contribution is -2.60. The molecule has 4 aliphatic carbocycles. The van der Waals surface area contributed by atoms with Gasteiger partial charge in [0, 0.05) is 6.42 Å². The maximum Gasteiger partial charge on any atom is 0.305 e. The fourth-order valence-corrected chi connectivity index (χ4v) is 12.5. The van der Waals surface area contributed by atoms with Gasteiger partial charge in [-0.15, -0.1) is 0 Å². The van der Waals surface area contributed by atoms with Crippen molar-refractivity contribution in [2.75, 3.05) is 6.61 Å². The van der Waals surface area contributed by atoms with Gasteiger partial charge in [0.2, 0.25) is 0 Å². The third-order valence-electron chi connectivity index (χ3n) is 16.1. The summed E-state index contributed by atoms with van der Waals surface area (Å²) in [4.78, 5) is 12.6. The highest BCUT2D eigenvalue weighted by Crippen LogP contribution is 2.67. The van der Waals surface area contributed by atoms with Crippen LogP contribution in [0, 0.1) is 46.3 Å². The molecule has 1 heterocycles. The smallest absolute Gasteiger partial charge is 0.305 e. The summed E-state index contributed by atoms with van der Waals surface area (Å²) in [5.41, 5.74) is 2.14. The normalized spacial score (nSPS) is 37.1. The molecule has 0 radical (unpaired) electrons. The molecule has 13 unspecified atom stereocenters. The molecular formula is C50H86O7. The van der Waals surface area contributed by atoms with Crippen molar-refractivity contribution >= 4 is 5.97 Å². The Labute approximate surface area is 348 Å². The molecule has 328 valence electrons. The first-order chi connectivity index (χ1) is 27.4. The summed E-state index contributed by atoms with van der Waals surface area (Å²) in [6.45, 7) is 14.5. The molecule has 0 aromatic carbocycles. The molecule has 57 heavy (non-hydrogen) atoms. The molecule has 7 nitrogen and oxygen atoms in total. The minimum atomic E-state index is -1.44. The second-order valence-electron chi connectivity index (χ2n) is 20.5. The van der Waals surface area contributed by atoms with Crippen LogP contribution >= 0.6 is 0 Å². The van der Waals surface area contributed by atoms with E-state index in [2.05, 4.69) is 59.8 Å². The quantitative estimate of drug-likeness (QED) is 0.0537. The van der Waals surface area contributed by atoms with Gasteiger partial charge in [0.05, 0.1) is 6.10 Å². The SMILES string of the molecule is CCCCCCC/C=C\CCCCCCCC(=O)OCC1OC(OC2CCC3(C)C(=CCC4C3CCC3(C)C(C(C)CCCC(C)C)CCC43)C2)C(O)C(O)C1O. The highest BCUT2D eigenvalue weighted by atomic mass is 16.7. The zero-order valence-corrected chi connectivity index (χ0v) is 37.3. The predicted octanol–water partition coefficient (Wildman–Crippen LogP) is 11.4. The fraction of sp³-hybridized carbons (Fsp3) is 0.900. The Bertz CT molecular complexity index is 1260. The van der Waals surface area contributed by atoms with E-state index in [9.17, 15) is 20.1 Å². The maximum atomic E-state index is 12.6. The summed E-state index contributed by atoms with van der Waals surface area (Å²) in [7, 11) is 0. The van der Waals surface area contributed by atoms with Crippen molar-refractivity contribution in [3.8, 4) is 0 Å². The van der Waals surface area contributed by atoms with E-state index in [0.717, 1.165) is 87.4 Å². The number of aliphatic hydroxyl groups excluding tert-OH is 3. The van der Waals surface area contributed by atoms with Gasteiger partial charge < -0.3 is 29.5 Å². The van der Waals surface area contributed by atoms with Crippen LogP contribution in [0.2, 0.25) is 0 Å². The van der Waals surface area contributed by atoms with Crippen LogP contribution in [0.25, 0.3) is 0 Å². The van der Waals surface area contributed by atoms with Crippen molar-refractivity contribution in [1.82, 2.24) is 0 Å². The van der Waals surface area contributed by atoms with Crippen LogP contribution in [0.15, 0.2) is 23.8 Å². The number of ether oxygens (including phenoxy) is 3. The minimum absolute atomic E-state index is 0.140. The van der Waals surface area contributed by atoms with Crippen LogP contribution in [0.3, 0.4) is 0 Å². The number of hydrogen-bond acceptors (Lipinski definition) is 7. The maximum absolute atomic E-state index is 12.6. The topological polar surface area (TPSA) is 105 Å². The highest BCUT2D eigenvalue weighted by Gasteiger charge is 2.59. The molecule has 0 aromatic heterocycles. The monoisotopic (exact) mass is 799 g/mol. The van der Waals surface area contributed by atoms with E-state index in [4.69, 9.17) is 14.2 Å². The first-order valence-corrected chi connectivity index (χ1v) is 24.2. The van der Waals surface area contributed by atoms with Gasteiger partial charge in [-0.05, 0) is 130 Å². The lowest BCUT2D eigenvalue weighted by molar-refractivity contribution is -0.313. The van der Waals surface area contributed by atoms with Gasteiger partial charge in [0.25, 0.3) is 0 Å². The van der Waals surface area contributed by atoms with Gasteiger partial charge in [-0.25, -0.2) is 0 Å². The van der Waals surface area contributed by atoms with Crippen molar-refractivity contribution in [2.45, 2.75) is 232 Å². The number of carbonyl (C=O) groups excluding carboxylic acids is 1. The summed E-state index contributed by atoms with van der Waals surface area (Å²) in [5, 5.41) is 32.4. The number of allylic oxidation sites excluding steroid dienone is 3. The van der Waals surface area contributed by atoms with Gasteiger partial charge in [-0.3, -0.25) is 4.79 Å². The van der Waals surface area contributed by atoms with E-state index >= 15 is 0 Å². The summed E-state index contributed by atoms with van der Waals surface area (Å²) < 4.78 is 18.0. The molecule has 1 saturated heterocycles. The zero-order valence-electron chi connectivity index (χ0n) is 37.3. The third kappa shape index (κ3) is 12.2. The van der Waals surface area contributed by atoms with Gasteiger partial charge in [-0.2, -0.15) is 0 Å². The summed E-state index contributed by atoms with van der Waals surface area (Å²) >= 11 is 0. The molecule has 5 aliphatic rings. The molecule has 0 aromatic rings. The molecular weight excluding hydrogens is 713 g/mol. The van der Waals surface area contributed by atoms with Crippen molar-refractivity contribution in [3.05, 3.63) is 23.8 Å². The standard InChI is InChI=1S/C50H86O7/c1-7-8-9-10-11-12-13-14-15-16-17-18-19-20-24-44(51)55-34-43-45(52)46(53)47(54)48(57-43)56-38-29-31-49(5)37(33-38)25-26-39-41-28-27-40(36(4)23-21-22-35(2)3)50(41,6)32-30-42(39)49/h13-14,25,35-36,38-43,45-48,52-54H,7-12,15-24,26-34H2,1-6H3/b14-13-. The molecule has 0 bridgehead atoms. The summed E-state index contributed by atoms with van der Waals surface area (Å²) in [5.74, 6) is 4.43. The number of carbonyl (C=O) groups is 1. The summed E-state index contributed by atoms with van der Waals surface area (Å²) in [6, 6.07) is 0. The van der Waals surface area contributed by atoms with Gasteiger partial charge >= 0.3 is 5.97 Å². The Kier molecular flexibility index (Phi) is 18.5. The fourth-order valence-electron chi connectivity index (χ4n) is 12.5. The van der Waals surface area contributed by atoms with Crippen LogP contribution in [0.5, 0.6) is 0 Å². The van der Waals surface area contributed by atoms with Crippen molar-refractivity contribution in [3.63, 3.8) is 0 Å². The van der Waals surface area contributed by atoms with E-state index in [-0.39, 0.29) is 24.1 Å². The Morgan fingerprint density at radius 2 is 1.53 bits per heavy atom. The van der Waals surface area contributed by atoms with Crippen molar-refractivity contribution in [2.24, 2.45) is 46.3 Å². The van der Waals surface area contributed by atoms with Crippen LogP contribution in [0.1, 0.15) is 196 Å². The minimum Gasteiger partial charge on any atom is -0.463 e.